The zero-order chi connectivity index (χ0) is 14.2. The molecule has 0 spiro atoms. The average molecular weight is 287 g/mol. The fraction of sp³-hybridized carbons (Fsp3) is 0.562. The van der Waals surface area contributed by atoms with Crippen molar-refractivity contribution in [2.45, 2.75) is 44.7 Å². The van der Waals surface area contributed by atoms with Crippen molar-refractivity contribution in [3.63, 3.8) is 0 Å². The van der Waals surface area contributed by atoms with Crippen molar-refractivity contribution in [3.05, 3.63) is 18.0 Å². The smallest absolute Gasteiger partial charge is 0.231 e. The summed E-state index contributed by atoms with van der Waals surface area (Å²) in [5.74, 6) is 2.61. The molecule has 1 aliphatic carbocycles. The van der Waals surface area contributed by atoms with Crippen LogP contribution in [0.4, 0.5) is 0 Å². The Hall–Kier alpha value is -1.75. The summed E-state index contributed by atoms with van der Waals surface area (Å²) in [5, 5.41) is 0. The van der Waals surface area contributed by atoms with Crippen LogP contribution < -0.4 is 9.47 Å². The molecule has 112 valence electrons. The number of aromatic nitrogens is 2. The zero-order valence-electron chi connectivity index (χ0n) is 12.4. The molecule has 1 fully saturated rings. The van der Waals surface area contributed by atoms with Crippen molar-refractivity contribution in [1.29, 1.82) is 0 Å². The number of rotatable bonds is 3. The van der Waals surface area contributed by atoms with Crippen molar-refractivity contribution in [2.24, 2.45) is 0 Å². The first-order valence-electron chi connectivity index (χ1n) is 7.78. The molecule has 1 aromatic carbocycles. The third kappa shape index (κ3) is 2.46. The summed E-state index contributed by atoms with van der Waals surface area (Å²) in [4.78, 5) is 10.5. The number of imidazole rings is 1. The van der Waals surface area contributed by atoms with E-state index in [-0.39, 0.29) is 0 Å². The molecule has 0 amide bonds. The lowest BCUT2D eigenvalue weighted by Crippen LogP contribution is -2.33. The Labute approximate surface area is 124 Å². The minimum absolute atomic E-state index is 0.305. The number of fused-ring (bicyclic) bond motifs is 2. The number of ether oxygens (including phenoxy) is 2. The lowest BCUT2D eigenvalue weighted by molar-refractivity contribution is 0.174. The molecule has 1 N–H and O–H groups in total. The molecule has 2 heterocycles. The van der Waals surface area contributed by atoms with Crippen LogP contribution >= 0.6 is 0 Å². The minimum atomic E-state index is 0.305. The topological polar surface area (TPSA) is 50.4 Å². The second-order valence-corrected chi connectivity index (χ2v) is 6.11. The molecule has 0 saturated heterocycles. The summed E-state index contributed by atoms with van der Waals surface area (Å²) >= 11 is 0. The Kier molecular flexibility index (Phi) is 3.22. The van der Waals surface area contributed by atoms with Crippen molar-refractivity contribution in [3.8, 4) is 11.5 Å². The molecular formula is C16H21N3O2. The summed E-state index contributed by atoms with van der Waals surface area (Å²) in [6.45, 7) is 1.17. The Morgan fingerprint density at radius 1 is 1.19 bits per heavy atom. The molecule has 1 saturated carbocycles. The normalized spacial score (nSPS) is 18.8. The first-order valence-corrected chi connectivity index (χ1v) is 7.78. The number of nitrogens with one attached hydrogen (secondary N) is 1. The molecule has 0 unspecified atom stereocenters. The number of H-pyrrole nitrogens is 1. The molecule has 1 aliphatic heterocycles. The summed E-state index contributed by atoms with van der Waals surface area (Å²) < 4.78 is 10.8. The van der Waals surface area contributed by atoms with Gasteiger partial charge >= 0.3 is 0 Å². The van der Waals surface area contributed by atoms with E-state index in [2.05, 4.69) is 16.9 Å². The second kappa shape index (κ2) is 5.22. The molecule has 4 rings (SSSR count). The maximum absolute atomic E-state index is 5.41. The van der Waals surface area contributed by atoms with E-state index in [4.69, 9.17) is 14.5 Å². The van der Waals surface area contributed by atoms with Crippen LogP contribution in [-0.4, -0.2) is 34.8 Å². The predicted octanol–water partition coefficient (Wildman–Crippen LogP) is 3.06. The summed E-state index contributed by atoms with van der Waals surface area (Å²) in [7, 11) is 2.20. The molecule has 21 heavy (non-hydrogen) atoms. The quantitative estimate of drug-likeness (QED) is 0.942. The maximum Gasteiger partial charge on any atom is 0.231 e. The van der Waals surface area contributed by atoms with E-state index < -0.39 is 0 Å². The fourth-order valence-electron chi connectivity index (χ4n) is 3.41. The van der Waals surface area contributed by atoms with Gasteiger partial charge in [0.2, 0.25) is 6.79 Å². The van der Waals surface area contributed by atoms with Crippen LogP contribution in [0.2, 0.25) is 0 Å². The highest BCUT2D eigenvalue weighted by Crippen LogP contribution is 2.35. The van der Waals surface area contributed by atoms with Crippen LogP contribution in [0.5, 0.6) is 11.5 Å². The first-order chi connectivity index (χ1) is 10.3. The molecule has 1 aromatic heterocycles. The van der Waals surface area contributed by atoms with E-state index in [1.165, 1.54) is 32.1 Å². The van der Waals surface area contributed by atoms with Gasteiger partial charge in [0.25, 0.3) is 0 Å². The van der Waals surface area contributed by atoms with Crippen LogP contribution in [-0.2, 0) is 6.54 Å². The number of hydrogen-bond acceptors (Lipinski definition) is 4. The van der Waals surface area contributed by atoms with E-state index in [0.29, 0.717) is 12.8 Å². The molecule has 0 atom stereocenters. The van der Waals surface area contributed by atoms with Crippen molar-refractivity contribution < 1.29 is 9.47 Å². The maximum atomic E-state index is 5.41. The average Bonchev–Trinajstić information content (AvgIpc) is 3.10. The summed E-state index contributed by atoms with van der Waals surface area (Å²) in [6.07, 6.45) is 6.73. The molecule has 0 bridgehead atoms. The van der Waals surface area contributed by atoms with Crippen LogP contribution in [0.3, 0.4) is 0 Å². The molecule has 2 aromatic rings. The summed E-state index contributed by atoms with van der Waals surface area (Å²) in [5.41, 5.74) is 1.97. The SMILES string of the molecule is CN(Cc1nc2cc3c(cc2[nH]1)OCO3)C1CCCCC1. The third-order valence-corrected chi connectivity index (χ3v) is 4.62. The molecule has 0 radical (unpaired) electrons. The van der Waals surface area contributed by atoms with E-state index >= 15 is 0 Å². The van der Waals surface area contributed by atoms with Crippen molar-refractivity contribution in [2.75, 3.05) is 13.8 Å². The highest BCUT2D eigenvalue weighted by molar-refractivity contribution is 5.80. The van der Waals surface area contributed by atoms with Gasteiger partial charge in [-0.15, -0.1) is 0 Å². The Morgan fingerprint density at radius 3 is 2.76 bits per heavy atom. The lowest BCUT2D eigenvalue weighted by Gasteiger charge is -2.30. The first kappa shape index (κ1) is 13.0. The number of aromatic amines is 1. The molecule has 5 heteroatoms. The van der Waals surface area contributed by atoms with Crippen LogP contribution in [0.25, 0.3) is 11.0 Å². The number of nitrogens with zero attached hydrogens (tertiary/aromatic N) is 2. The highest BCUT2D eigenvalue weighted by Gasteiger charge is 2.20. The van der Waals surface area contributed by atoms with Gasteiger partial charge in [-0.05, 0) is 19.9 Å². The Balaban J connectivity index is 1.53. The highest BCUT2D eigenvalue weighted by atomic mass is 16.7. The molecule has 2 aliphatic rings. The van der Waals surface area contributed by atoms with Gasteiger partial charge in [0.1, 0.15) is 5.82 Å². The monoisotopic (exact) mass is 287 g/mol. The van der Waals surface area contributed by atoms with Gasteiger partial charge in [-0.25, -0.2) is 4.98 Å². The van der Waals surface area contributed by atoms with E-state index in [1.54, 1.807) is 0 Å². The summed E-state index contributed by atoms with van der Waals surface area (Å²) in [6, 6.07) is 4.64. The van der Waals surface area contributed by atoms with Crippen LogP contribution in [0, 0.1) is 0 Å². The Bertz CT molecular complexity index is 605. The van der Waals surface area contributed by atoms with Gasteiger partial charge in [0.15, 0.2) is 11.5 Å². The van der Waals surface area contributed by atoms with Gasteiger partial charge in [0.05, 0.1) is 17.6 Å². The van der Waals surface area contributed by atoms with Gasteiger partial charge in [-0.3, -0.25) is 4.90 Å². The lowest BCUT2D eigenvalue weighted by atomic mass is 9.94. The van der Waals surface area contributed by atoms with Crippen LogP contribution in [0.1, 0.15) is 37.9 Å². The second-order valence-electron chi connectivity index (χ2n) is 6.11. The van der Waals surface area contributed by atoms with Gasteiger partial charge in [-0.2, -0.15) is 0 Å². The standard InChI is InChI=1S/C16H21N3O2/c1-19(11-5-3-2-4-6-11)9-16-17-12-7-14-15(21-10-20-14)8-13(12)18-16/h7-8,11H,2-6,9-10H2,1H3,(H,17,18). The third-order valence-electron chi connectivity index (χ3n) is 4.62. The van der Waals surface area contributed by atoms with Gasteiger partial charge in [-0.1, -0.05) is 19.3 Å². The molecular weight excluding hydrogens is 266 g/mol. The van der Waals surface area contributed by atoms with Crippen molar-refractivity contribution in [1.82, 2.24) is 14.9 Å². The minimum Gasteiger partial charge on any atom is -0.454 e. The van der Waals surface area contributed by atoms with E-state index in [0.717, 1.165) is 34.9 Å². The predicted molar refractivity (Wildman–Crippen MR) is 80.6 cm³/mol. The van der Waals surface area contributed by atoms with Gasteiger partial charge in [0, 0.05) is 18.2 Å². The molecule has 5 nitrogen and oxygen atoms in total. The van der Waals surface area contributed by atoms with Crippen LogP contribution in [0.15, 0.2) is 12.1 Å². The zero-order valence-corrected chi connectivity index (χ0v) is 12.4. The largest absolute Gasteiger partial charge is 0.454 e. The van der Waals surface area contributed by atoms with E-state index in [1.807, 2.05) is 12.1 Å². The fourth-order valence-corrected chi connectivity index (χ4v) is 3.41. The van der Waals surface area contributed by atoms with E-state index in [9.17, 15) is 0 Å². The number of hydrogen-bond donors (Lipinski definition) is 1. The van der Waals surface area contributed by atoms with Gasteiger partial charge < -0.3 is 14.5 Å². The van der Waals surface area contributed by atoms with Crippen molar-refractivity contribution >= 4 is 11.0 Å². The Morgan fingerprint density at radius 2 is 1.95 bits per heavy atom. The number of benzene rings is 1.